The summed E-state index contributed by atoms with van der Waals surface area (Å²) >= 11 is 10.9. The largest absolute Gasteiger partial charge is 0.504 e. The number of hydrogen-bond acceptors (Lipinski definition) is 5. The Kier molecular flexibility index (Phi) is 5.61. The predicted octanol–water partition coefficient (Wildman–Crippen LogP) is 3.08. The number of rotatable bonds is 4. The smallest absolute Gasteiger partial charge is 0.191 e. The molecule has 8 heteroatoms. The third kappa shape index (κ3) is 4.48. The van der Waals surface area contributed by atoms with Crippen LogP contribution in [0.3, 0.4) is 0 Å². The average Bonchev–Trinajstić information content (AvgIpc) is 2.53. The lowest BCUT2D eigenvalue weighted by atomic mass is 10.2. The molecule has 0 bridgehead atoms. The summed E-state index contributed by atoms with van der Waals surface area (Å²) < 4.78 is 5.20. The number of benzene rings is 2. The van der Waals surface area contributed by atoms with Gasteiger partial charge in [-0.3, -0.25) is 5.43 Å². The van der Waals surface area contributed by atoms with Gasteiger partial charge in [-0.25, -0.2) is 0 Å². The highest BCUT2D eigenvalue weighted by Crippen LogP contribution is 2.33. The molecule has 0 aliphatic rings. The number of anilines is 1. The molecule has 4 N–H and O–H groups in total. The van der Waals surface area contributed by atoms with E-state index in [0.29, 0.717) is 17.0 Å². The van der Waals surface area contributed by atoms with Crippen LogP contribution in [0.25, 0.3) is 0 Å². The zero-order valence-electron chi connectivity index (χ0n) is 12.1. The molecule has 0 heterocycles. The monoisotopic (exact) mass is 351 g/mol. The van der Waals surface area contributed by atoms with Crippen LogP contribution in [0.4, 0.5) is 5.69 Å². The third-order valence-electron chi connectivity index (χ3n) is 2.80. The van der Waals surface area contributed by atoms with E-state index in [1.165, 1.54) is 18.3 Å². The number of thiocarbonyl (C=S) groups is 1. The molecule has 120 valence electrons. The van der Waals surface area contributed by atoms with Crippen LogP contribution in [0, 0.1) is 0 Å². The highest BCUT2D eigenvalue weighted by molar-refractivity contribution is 7.80. The van der Waals surface area contributed by atoms with E-state index < -0.39 is 0 Å². The molecule has 0 aromatic heterocycles. The van der Waals surface area contributed by atoms with Gasteiger partial charge >= 0.3 is 0 Å². The van der Waals surface area contributed by atoms with Gasteiger partial charge < -0.3 is 20.3 Å². The zero-order valence-corrected chi connectivity index (χ0v) is 13.6. The number of aromatic hydroxyl groups is 2. The Morgan fingerprint density at radius 3 is 2.74 bits per heavy atom. The Hall–Kier alpha value is -2.51. The highest BCUT2D eigenvalue weighted by Gasteiger charge is 2.06. The van der Waals surface area contributed by atoms with Crippen LogP contribution in [-0.2, 0) is 0 Å². The molecule has 2 aromatic rings. The number of phenolic OH excluding ortho intramolecular Hbond substituents is 2. The molecular formula is C15H14ClN3O3S. The quantitative estimate of drug-likeness (QED) is 0.293. The molecule has 0 amide bonds. The second-order valence-electron chi connectivity index (χ2n) is 4.39. The van der Waals surface area contributed by atoms with Gasteiger partial charge in [-0.1, -0.05) is 23.7 Å². The minimum atomic E-state index is -0.370. The number of nitrogens with one attached hydrogen (secondary N) is 2. The summed E-state index contributed by atoms with van der Waals surface area (Å²) in [5, 5.41) is 26.0. The molecule has 0 fully saturated rings. The molecule has 23 heavy (non-hydrogen) atoms. The zero-order chi connectivity index (χ0) is 16.8. The maximum atomic E-state index is 9.47. The highest BCUT2D eigenvalue weighted by atomic mass is 35.5. The van der Waals surface area contributed by atoms with E-state index in [1.807, 2.05) is 18.2 Å². The maximum Gasteiger partial charge on any atom is 0.191 e. The Labute approximate surface area is 143 Å². The van der Waals surface area contributed by atoms with Crippen LogP contribution in [0.1, 0.15) is 5.56 Å². The van der Waals surface area contributed by atoms with Gasteiger partial charge in [0.2, 0.25) is 0 Å². The second kappa shape index (κ2) is 7.66. The lowest BCUT2D eigenvalue weighted by Gasteiger charge is -2.10. The Bertz CT molecular complexity index is 729. The normalized spacial score (nSPS) is 10.5. The molecule has 0 saturated heterocycles. The van der Waals surface area contributed by atoms with Crippen molar-refractivity contribution in [1.29, 1.82) is 0 Å². The fourth-order valence-electron chi connectivity index (χ4n) is 1.74. The number of para-hydroxylation sites is 2. The van der Waals surface area contributed by atoms with Crippen molar-refractivity contribution < 1.29 is 14.9 Å². The van der Waals surface area contributed by atoms with Crippen molar-refractivity contribution in [2.75, 3.05) is 12.4 Å². The van der Waals surface area contributed by atoms with Gasteiger partial charge in [-0.15, -0.1) is 0 Å². The van der Waals surface area contributed by atoms with E-state index in [1.54, 1.807) is 13.2 Å². The predicted molar refractivity (Wildman–Crippen MR) is 94.7 cm³/mol. The van der Waals surface area contributed by atoms with Crippen LogP contribution in [0.15, 0.2) is 41.5 Å². The fourth-order valence-corrected chi connectivity index (χ4v) is 2.13. The van der Waals surface area contributed by atoms with Crippen molar-refractivity contribution >= 4 is 40.8 Å². The van der Waals surface area contributed by atoms with Gasteiger partial charge in [0.25, 0.3) is 0 Å². The van der Waals surface area contributed by atoms with Crippen molar-refractivity contribution in [3.63, 3.8) is 0 Å². The van der Waals surface area contributed by atoms with Crippen LogP contribution in [0.5, 0.6) is 17.2 Å². The van der Waals surface area contributed by atoms with Gasteiger partial charge in [-0.2, -0.15) is 5.10 Å². The van der Waals surface area contributed by atoms with Gasteiger partial charge in [0.15, 0.2) is 16.6 Å². The first kappa shape index (κ1) is 16.9. The van der Waals surface area contributed by atoms with Gasteiger partial charge in [-0.05, 0) is 42.0 Å². The minimum absolute atomic E-state index is 0.0289. The molecule has 0 spiro atoms. The van der Waals surface area contributed by atoms with Gasteiger partial charge in [0, 0.05) is 0 Å². The maximum absolute atomic E-state index is 9.47. The average molecular weight is 352 g/mol. The lowest BCUT2D eigenvalue weighted by Crippen LogP contribution is -2.24. The van der Waals surface area contributed by atoms with Crippen LogP contribution < -0.4 is 15.5 Å². The Morgan fingerprint density at radius 2 is 2.04 bits per heavy atom. The molecule has 0 radical (unpaired) electrons. The molecule has 0 aliphatic heterocycles. The van der Waals surface area contributed by atoms with E-state index in [2.05, 4.69) is 15.8 Å². The van der Waals surface area contributed by atoms with Crippen LogP contribution >= 0.6 is 23.8 Å². The molecule has 2 rings (SSSR count). The van der Waals surface area contributed by atoms with Crippen molar-refractivity contribution in [2.45, 2.75) is 0 Å². The summed E-state index contributed by atoms with van der Waals surface area (Å²) in [7, 11) is 1.57. The Morgan fingerprint density at radius 1 is 1.30 bits per heavy atom. The molecule has 0 unspecified atom stereocenters. The topological polar surface area (TPSA) is 86.1 Å². The van der Waals surface area contributed by atoms with E-state index in [4.69, 9.17) is 28.6 Å². The number of halogens is 1. The summed E-state index contributed by atoms with van der Waals surface area (Å²) in [5.41, 5.74) is 3.83. The number of hydrazone groups is 1. The molecule has 6 nitrogen and oxygen atoms in total. The molecule has 0 atom stereocenters. The van der Waals surface area contributed by atoms with E-state index in [0.717, 1.165) is 0 Å². The SMILES string of the molecule is COc1ccccc1NC(=S)N/N=C/c1cc(O)c(O)c(Cl)c1. The summed E-state index contributed by atoms with van der Waals surface area (Å²) in [5.74, 6) is -0.0466. The number of ether oxygens (including phenoxy) is 1. The molecule has 2 aromatic carbocycles. The summed E-state index contributed by atoms with van der Waals surface area (Å²) in [6.45, 7) is 0. The fraction of sp³-hybridized carbons (Fsp3) is 0.0667. The molecular weight excluding hydrogens is 338 g/mol. The third-order valence-corrected chi connectivity index (χ3v) is 3.28. The Balaban J connectivity index is 1.99. The summed E-state index contributed by atoms with van der Waals surface area (Å²) in [6.07, 6.45) is 1.40. The van der Waals surface area contributed by atoms with Crippen molar-refractivity contribution in [1.82, 2.24) is 5.43 Å². The first-order valence-corrected chi connectivity index (χ1v) is 7.24. The number of nitrogens with zero attached hydrogens (tertiary/aromatic N) is 1. The van der Waals surface area contributed by atoms with Crippen molar-refractivity contribution in [3.05, 3.63) is 47.0 Å². The van der Waals surface area contributed by atoms with E-state index in [9.17, 15) is 10.2 Å². The van der Waals surface area contributed by atoms with Gasteiger partial charge in [0.1, 0.15) is 5.75 Å². The van der Waals surface area contributed by atoms with E-state index in [-0.39, 0.29) is 21.6 Å². The lowest BCUT2D eigenvalue weighted by molar-refractivity contribution is 0.404. The standard InChI is InChI=1S/C15H14ClN3O3S/c1-22-13-5-3-2-4-11(13)18-15(23)19-17-8-9-6-10(16)14(21)12(20)7-9/h2-8,20-21H,1H3,(H2,18,19,23)/b17-8+. The first-order chi connectivity index (χ1) is 11.0. The van der Waals surface area contributed by atoms with Crippen LogP contribution in [-0.4, -0.2) is 28.6 Å². The minimum Gasteiger partial charge on any atom is -0.504 e. The second-order valence-corrected chi connectivity index (χ2v) is 5.21. The van der Waals surface area contributed by atoms with Crippen LogP contribution in [0.2, 0.25) is 5.02 Å². The molecule has 0 saturated carbocycles. The number of methoxy groups -OCH3 is 1. The summed E-state index contributed by atoms with van der Waals surface area (Å²) in [4.78, 5) is 0. The van der Waals surface area contributed by atoms with Gasteiger partial charge in [0.05, 0.1) is 24.0 Å². The first-order valence-electron chi connectivity index (χ1n) is 6.46. The summed E-state index contributed by atoms with van der Waals surface area (Å²) in [6, 6.07) is 10.1. The van der Waals surface area contributed by atoms with Crippen molar-refractivity contribution in [3.8, 4) is 17.2 Å². The van der Waals surface area contributed by atoms with E-state index >= 15 is 0 Å². The molecule has 0 aliphatic carbocycles. The number of phenols is 2. The van der Waals surface area contributed by atoms with Crippen molar-refractivity contribution in [2.24, 2.45) is 5.10 Å². The number of hydrogen-bond donors (Lipinski definition) is 4.